The molecule has 0 amide bonds. The van der Waals surface area contributed by atoms with Crippen LogP contribution in [-0.2, 0) is 6.42 Å². The Morgan fingerprint density at radius 2 is 2.42 bits per heavy atom. The molecular weight excluding hydrogens is 170 g/mol. The molecule has 0 saturated heterocycles. The first kappa shape index (κ1) is 7.73. The normalized spacial score (nSPS) is 11.2. The van der Waals surface area contributed by atoms with Crippen LogP contribution in [0, 0.1) is 6.92 Å². The zero-order valence-corrected chi connectivity index (χ0v) is 8.06. The van der Waals surface area contributed by atoms with Gasteiger partial charge in [-0.2, -0.15) is 5.10 Å². The van der Waals surface area contributed by atoms with Gasteiger partial charge in [0.15, 0.2) is 0 Å². The first-order valence-electron chi connectivity index (χ1n) is 4.11. The first-order valence-corrected chi connectivity index (χ1v) is 4.93. The van der Waals surface area contributed by atoms with Crippen molar-refractivity contribution in [2.45, 2.75) is 26.7 Å². The summed E-state index contributed by atoms with van der Waals surface area (Å²) in [6.07, 6.45) is 4.21. The standard InChI is InChI=1S/C8H11N3S/c1-3-4-7-5-11-8(9-7)12-6(2)10-11/h5H,3-4H2,1-2H3. The first-order chi connectivity index (χ1) is 5.79. The Balaban J connectivity index is 2.43. The van der Waals surface area contributed by atoms with Crippen LogP contribution < -0.4 is 0 Å². The molecule has 4 heteroatoms. The highest BCUT2D eigenvalue weighted by Gasteiger charge is 2.03. The summed E-state index contributed by atoms with van der Waals surface area (Å²) in [6, 6.07) is 0. The van der Waals surface area contributed by atoms with Crippen molar-refractivity contribution in [3.05, 3.63) is 16.9 Å². The van der Waals surface area contributed by atoms with E-state index in [2.05, 4.69) is 17.0 Å². The van der Waals surface area contributed by atoms with E-state index in [9.17, 15) is 0 Å². The number of rotatable bonds is 2. The van der Waals surface area contributed by atoms with Crippen molar-refractivity contribution in [1.29, 1.82) is 0 Å². The summed E-state index contributed by atoms with van der Waals surface area (Å²) in [5.74, 6) is 0. The van der Waals surface area contributed by atoms with Crippen LogP contribution in [0.2, 0.25) is 0 Å². The van der Waals surface area contributed by atoms with Crippen LogP contribution in [0.15, 0.2) is 6.20 Å². The Morgan fingerprint density at radius 1 is 1.58 bits per heavy atom. The predicted octanol–water partition coefficient (Wildman–Crippen LogP) is 2.05. The van der Waals surface area contributed by atoms with Gasteiger partial charge in [0.05, 0.1) is 11.9 Å². The number of imidazole rings is 1. The largest absolute Gasteiger partial charge is 0.223 e. The molecule has 2 aromatic heterocycles. The highest BCUT2D eigenvalue weighted by Crippen LogP contribution is 2.13. The van der Waals surface area contributed by atoms with Crippen LogP contribution in [0.3, 0.4) is 0 Å². The van der Waals surface area contributed by atoms with E-state index in [4.69, 9.17) is 0 Å². The summed E-state index contributed by atoms with van der Waals surface area (Å²) in [5, 5.41) is 5.36. The van der Waals surface area contributed by atoms with Crippen molar-refractivity contribution >= 4 is 16.3 Å². The monoisotopic (exact) mass is 181 g/mol. The molecule has 0 aliphatic rings. The van der Waals surface area contributed by atoms with E-state index in [1.165, 1.54) is 0 Å². The molecule has 64 valence electrons. The summed E-state index contributed by atoms with van der Waals surface area (Å²) in [4.78, 5) is 5.45. The van der Waals surface area contributed by atoms with Gasteiger partial charge in [0.1, 0.15) is 5.01 Å². The molecule has 0 aliphatic carbocycles. The number of fused-ring (bicyclic) bond motifs is 1. The van der Waals surface area contributed by atoms with Crippen molar-refractivity contribution < 1.29 is 0 Å². The van der Waals surface area contributed by atoms with E-state index in [0.29, 0.717) is 0 Å². The van der Waals surface area contributed by atoms with Gasteiger partial charge >= 0.3 is 0 Å². The summed E-state index contributed by atoms with van der Waals surface area (Å²) < 4.78 is 1.87. The molecule has 0 aromatic carbocycles. The van der Waals surface area contributed by atoms with E-state index < -0.39 is 0 Å². The van der Waals surface area contributed by atoms with E-state index in [0.717, 1.165) is 28.5 Å². The van der Waals surface area contributed by atoms with Gasteiger partial charge in [0.2, 0.25) is 4.96 Å². The zero-order chi connectivity index (χ0) is 8.55. The number of aromatic nitrogens is 3. The Morgan fingerprint density at radius 3 is 3.08 bits per heavy atom. The van der Waals surface area contributed by atoms with Crippen molar-refractivity contribution in [3.63, 3.8) is 0 Å². The molecule has 3 nitrogen and oxygen atoms in total. The van der Waals surface area contributed by atoms with Crippen LogP contribution in [0.5, 0.6) is 0 Å². The van der Waals surface area contributed by atoms with Crippen LogP contribution in [0.25, 0.3) is 4.96 Å². The molecule has 2 rings (SSSR count). The van der Waals surface area contributed by atoms with Crippen LogP contribution in [-0.4, -0.2) is 14.6 Å². The Hall–Kier alpha value is -0.900. The van der Waals surface area contributed by atoms with Gasteiger partial charge in [0, 0.05) is 0 Å². The molecule has 0 radical (unpaired) electrons. The predicted molar refractivity (Wildman–Crippen MR) is 49.6 cm³/mol. The fourth-order valence-electron chi connectivity index (χ4n) is 1.22. The van der Waals surface area contributed by atoms with Crippen LogP contribution in [0.1, 0.15) is 24.0 Å². The lowest BCUT2D eigenvalue weighted by molar-refractivity contribution is 0.883. The van der Waals surface area contributed by atoms with Crippen LogP contribution >= 0.6 is 11.3 Å². The Labute approximate surface area is 75.1 Å². The maximum Gasteiger partial charge on any atom is 0.212 e. The minimum absolute atomic E-state index is 1.01. The topological polar surface area (TPSA) is 30.2 Å². The SMILES string of the molecule is CCCc1cn2nc(C)sc2n1. The van der Waals surface area contributed by atoms with Gasteiger partial charge in [-0.15, -0.1) is 0 Å². The molecule has 2 aromatic rings. The molecule has 0 spiro atoms. The number of nitrogens with zero attached hydrogens (tertiary/aromatic N) is 3. The average molecular weight is 181 g/mol. The number of hydrogen-bond acceptors (Lipinski definition) is 3. The van der Waals surface area contributed by atoms with Gasteiger partial charge in [-0.05, 0) is 13.3 Å². The smallest absolute Gasteiger partial charge is 0.212 e. The highest BCUT2D eigenvalue weighted by atomic mass is 32.1. The van der Waals surface area contributed by atoms with E-state index in [1.54, 1.807) is 11.3 Å². The molecule has 0 saturated carbocycles. The molecule has 0 unspecified atom stereocenters. The molecule has 12 heavy (non-hydrogen) atoms. The third kappa shape index (κ3) is 1.22. The summed E-state index contributed by atoms with van der Waals surface area (Å²) in [7, 11) is 0. The quantitative estimate of drug-likeness (QED) is 0.709. The Bertz CT molecular complexity index is 356. The van der Waals surface area contributed by atoms with Gasteiger partial charge < -0.3 is 0 Å². The second-order valence-electron chi connectivity index (χ2n) is 2.83. The second kappa shape index (κ2) is 2.86. The van der Waals surface area contributed by atoms with Crippen molar-refractivity contribution in [2.24, 2.45) is 0 Å². The van der Waals surface area contributed by atoms with Crippen LogP contribution in [0.4, 0.5) is 0 Å². The Kier molecular flexibility index (Phi) is 1.84. The lowest BCUT2D eigenvalue weighted by Crippen LogP contribution is -1.82. The summed E-state index contributed by atoms with van der Waals surface area (Å²) >= 11 is 1.64. The van der Waals surface area contributed by atoms with Gasteiger partial charge in [-0.1, -0.05) is 24.7 Å². The van der Waals surface area contributed by atoms with Gasteiger partial charge in [-0.3, -0.25) is 0 Å². The molecular formula is C8H11N3S. The fraction of sp³-hybridized carbons (Fsp3) is 0.500. The van der Waals surface area contributed by atoms with E-state index >= 15 is 0 Å². The second-order valence-corrected chi connectivity index (χ2v) is 3.99. The molecule has 0 N–H and O–H groups in total. The maximum atomic E-state index is 4.44. The number of aryl methyl sites for hydroxylation is 2. The zero-order valence-electron chi connectivity index (χ0n) is 7.24. The number of hydrogen-bond donors (Lipinski definition) is 0. The summed E-state index contributed by atoms with van der Waals surface area (Å²) in [5.41, 5.74) is 1.15. The highest BCUT2D eigenvalue weighted by molar-refractivity contribution is 7.16. The molecule has 0 atom stereocenters. The average Bonchev–Trinajstić information content (AvgIpc) is 2.44. The fourth-order valence-corrected chi connectivity index (χ4v) is 1.96. The third-order valence-electron chi connectivity index (χ3n) is 1.70. The third-order valence-corrected chi connectivity index (χ3v) is 2.54. The van der Waals surface area contributed by atoms with Crippen molar-refractivity contribution in [1.82, 2.24) is 14.6 Å². The van der Waals surface area contributed by atoms with E-state index in [1.807, 2.05) is 17.6 Å². The molecule has 0 bridgehead atoms. The minimum atomic E-state index is 1.01. The van der Waals surface area contributed by atoms with Crippen molar-refractivity contribution in [2.75, 3.05) is 0 Å². The molecule has 2 heterocycles. The lowest BCUT2D eigenvalue weighted by atomic mass is 10.3. The molecule has 0 fully saturated rings. The van der Waals surface area contributed by atoms with E-state index in [-0.39, 0.29) is 0 Å². The lowest BCUT2D eigenvalue weighted by Gasteiger charge is -1.85. The minimum Gasteiger partial charge on any atom is -0.223 e. The van der Waals surface area contributed by atoms with Crippen molar-refractivity contribution in [3.8, 4) is 0 Å². The molecule has 0 aliphatic heterocycles. The summed E-state index contributed by atoms with van der Waals surface area (Å²) in [6.45, 7) is 4.16. The van der Waals surface area contributed by atoms with Gasteiger partial charge in [0.25, 0.3) is 0 Å². The maximum absolute atomic E-state index is 4.44. The van der Waals surface area contributed by atoms with Gasteiger partial charge in [-0.25, -0.2) is 9.50 Å².